The molecule has 2 N–H and O–H groups in total. The van der Waals surface area contributed by atoms with E-state index in [4.69, 9.17) is 4.99 Å². The predicted molar refractivity (Wildman–Crippen MR) is 109 cm³/mol. The van der Waals surface area contributed by atoms with Crippen LogP contribution in [0.5, 0.6) is 0 Å². The Morgan fingerprint density at radius 3 is 2.77 bits per heavy atom. The standard InChI is InChI=1S/C21H34N4O/c1-6-22-21(23-11-9-18-8-7-16(4)13-17(18)5)24-19-10-12-25(14-19)20(26)15(2)3/h7-8,13,15,19H,6,9-12,14H2,1-5H3,(H2,22,23,24). The number of hydrogen-bond donors (Lipinski definition) is 2. The number of guanidine groups is 1. The second-order valence-corrected chi connectivity index (χ2v) is 7.51. The summed E-state index contributed by atoms with van der Waals surface area (Å²) in [6, 6.07) is 6.86. The average Bonchev–Trinajstić information content (AvgIpc) is 3.04. The summed E-state index contributed by atoms with van der Waals surface area (Å²) < 4.78 is 0. The number of rotatable bonds is 6. The topological polar surface area (TPSA) is 56.7 Å². The summed E-state index contributed by atoms with van der Waals surface area (Å²) in [5, 5.41) is 6.82. The van der Waals surface area contributed by atoms with Gasteiger partial charge in [0.05, 0.1) is 0 Å². The Hall–Kier alpha value is -2.04. The quantitative estimate of drug-likeness (QED) is 0.607. The molecule has 0 aliphatic carbocycles. The van der Waals surface area contributed by atoms with Gasteiger partial charge in [-0.15, -0.1) is 0 Å². The van der Waals surface area contributed by atoms with Crippen molar-refractivity contribution in [2.24, 2.45) is 10.9 Å². The first kappa shape index (κ1) is 20.3. The van der Waals surface area contributed by atoms with Gasteiger partial charge in [0.25, 0.3) is 0 Å². The normalized spacial score (nSPS) is 17.7. The van der Waals surface area contributed by atoms with Crippen molar-refractivity contribution in [1.29, 1.82) is 0 Å². The number of carbonyl (C=O) groups is 1. The molecule has 0 spiro atoms. The van der Waals surface area contributed by atoms with Crippen LogP contribution >= 0.6 is 0 Å². The minimum atomic E-state index is 0.0633. The van der Waals surface area contributed by atoms with Gasteiger partial charge in [0.15, 0.2) is 5.96 Å². The number of aryl methyl sites for hydroxylation is 2. The Bertz CT molecular complexity index is 639. The maximum absolute atomic E-state index is 12.1. The Kier molecular flexibility index (Phi) is 7.49. The highest BCUT2D eigenvalue weighted by atomic mass is 16.2. The van der Waals surface area contributed by atoms with Crippen LogP contribution in [0.2, 0.25) is 0 Å². The Morgan fingerprint density at radius 2 is 2.12 bits per heavy atom. The van der Waals surface area contributed by atoms with Crippen molar-refractivity contribution in [3.05, 3.63) is 34.9 Å². The smallest absolute Gasteiger partial charge is 0.225 e. The molecule has 0 aromatic heterocycles. The molecule has 1 fully saturated rings. The minimum Gasteiger partial charge on any atom is -0.357 e. The van der Waals surface area contributed by atoms with E-state index >= 15 is 0 Å². The second-order valence-electron chi connectivity index (χ2n) is 7.51. The highest BCUT2D eigenvalue weighted by Gasteiger charge is 2.27. The first-order chi connectivity index (χ1) is 12.4. The minimum absolute atomic E-state index is 0.0633. The van der Waals surface area contributed by atoms with E-state index in [1.54, 1.807) is 0 Å². The number of hydrogen-bond acceptors (Lipinski definition) is 2. The molecule has 1 atom stereocenters. The molecule has 2 rings (SSSR count). The molecule has 1 aliphatic rings. The number of aliphatic imine (C=N–C) groups is 1. The molecule has 144 valence electrons. The lowest BCUT2D eigenvalue weighted by Gasteiger charge is -2.20. The Labute approximate surface area is 158 Å². The van der Waals surface area contributed by atoms with Crippen molar-refractivity contribution < 1.29 is 4.79 Å². The number of benzene rings is 1. The molecule has 1 aromatic rings. The van der Waals surface area contributed by atoms with Crippen LogP contribution in [0.15, 0.2) is 23.2 Å². The predicted octanol–water partition coefficient (Wildman–Crippen LogP) is 2.66. The molecule has 1 amide bonds. The molecule has 1 heterocycles. The molecule has 1 aromatic carbocycles. The van der Waals surface area contributed by atoms with Gasteiger partial charge in [0, 0.05) is 38.1 Å². The molecule has 5 heteroatoms. The van der Waals surface area contributed by atoms with E-state index in [9.17, 15) is 4.79 Å². The summed E-state index contributed by atoms with van der Waals surface area (Å²) in [6.07, 6.45) is 1.91. The zero-order valence-electron chi connectivity index (χ0n) is 16.9. The van der Waals surface area contributed by atoms with Crippen LogP contribution in [-0.2, 0) is 11.2 Å². The highest BCUT2D eigenvalue weighted by Crippen LogP contribution is 2.13. The summed E-state index contributed by atoms with van der Waals surface area (Å²) in [4.78, 5) is 18.8. The van der Waals surface area contributed by atoms with Gasteiger partial charge >= 0.3 is 0 Å². The highest BCUT2D eigenvalue weighted by molar-refractivity contribution is 5.81. The van der Waals surface area contributed by atoms with Crippen molar-refractivity contribution in [2.45, 2.75) is 53.5 Å². The summed E-state index contributed by atoms with van der Waals surface area (Å²) in [5.41, 5.74) is 3.98. The lowest BCUT2D eigenvalue weighted by molar-refractivity contribution is -0.133. The zero-order valence-corrected chi connectivity index (χ0v) is 16.9. The van der Waals surface area contributed by atoms with Gasteiger partial charge in [-0.1, -0.05) is 37.6 Å². The van der Waals surface area contributed by atoms with Crippen LogP contribution in [0, 0.1) is 19.8 Å². The molecular weight excluding hydrogens is 324 g/mol. The number of amides is 1. The molecule has 5 nitrogen and oxygen atoms in total. The van der Waals surface area contributed by atoms with E-state index in [1.807, 2.05) is 18.7 Å². The van der Waals surface area contributed by atoms with Gasteiger partial charge in [-0.2, -0.15) is 0 Å². The molecule has 0 saturated carbocycles. The second kappa shape index (κ2) is 9.60. The lowest BCUT2D eigenvalue weighted by Crippen LogP contribution is -2.45. The molecule has 0 bridgehead atoms. The average molecular weight is 359 g/mol. The summed E-state index contributed by atoms with van der Waals surface area (Å²) in [7, 11) is 0. The molecule has 26 heavy (non-hydrogen) atoms. The van der Waals surface area contributed by atoms with Gasteiger partial charge in [-0.3, -0.25) is 9.79 Å². The SMILES string of the molecule is CCNC(=NCCc1ccc(C)cc1C)NC1CCN(C(=O)C(C)C)C1. The van der Waals surface area contributed by atoms with Crippen molar-refractivity contribution in [3.8, 4) is 0 Å². The van der Waals surface area contributed by atoms with E-state index in [0.29, 0.717) is 0 Å². The summed E-state index contributed by atoms with van der Waals surface area (Å²) >= 11 is 0. The fourth-order valence-electron chi connectivity index (χ4n) is 3.37. The molecule has 1 saturated heterocycles. The molecular formula is C21H34N4O. The molecule has 1 unspecified atom stereocenters. The van der Waals surface area contributed by atoms with Crippen molar-refractivity contribution in [1.82, 2.24) is 15.5 Å². The number of nitrogens with one attached hydrogen (secondary N) is 2. The van der Waals surface area contributed by atoms with Gasteiger partial charge in [0.2, 0.25) is 5.91 Å². The van der Waals surface area contributed by atoms with Gasteiger partial charge in [-0.05, 0) is 44.7 Å². The lowest BCUT2D eigenvalue weighted by atomic mass is 10.0. The van der Waals surface area contributed by atoms with Crippen LogP contribution in [0.3, 0.4) is 0 Å². The van der Waals surface area contributed by atoms with Crippen LogP contribution < -0.4 is 10.6 Å². The maximum Gasteiger partial charge on any atom is 0.225 e. The zero-order chi connectivity index (χ0) is 19.1. The number of nitrogens with zero attached hydrogens (tertiary/aromatic N) is 2. The summed E-state index contributed by atoms with van der Waals surface area (Å²) in [5.74, 6) is 1.15. The van der Waals surface area contributed by atoms with Crippen molar-refractivity contribution in [2.75, 3.05) is 26.2 Å². The van der Waals surface area contributed by atoms with Gasteiger partial charge in [0.1, 0.15) is 0 Å². The third-order valence-corrected chi connectivity index (χ3v) is 4.83. The third-order valence-electron chi connectivity index (χ3n) is 4.83. The molecule has 1 aliphatic heterocycles. The van der Waals surface area contributed by atoms with Crippen LogP contribution in [0.4, 0.5) is 0 Å². The van der Waals surface area contributed by atoms with Crippen molar-refractivity contribution >= 4 is 11.9 Å². The first-order valence-corrected chi connectivity index (χ1v) is 9.80. The summed E-state index contributed by atoms with van der Waals surface area (Å²) in [6.45, 7) is 13.5. The Balaban J connectivity index is 1.89. The Morgan fingerprint density at radius 1 is 1.35 bits per heavy atom. The van der Waals surface area contributed by atoms with E-state index < -0.39 is 0 Å². The van der Waals surface area contributed by atoms with Crippen LogP contribution in [0.1, 0.15) is 43.9 Å². The fraction of sp³-hybridized carbons (Fsp3) is 0.619. The monoisotopic (exact) mass is 358 g/mol. The van der Waals surface area contributed by atoms with E-state index in [-0.39, 0.29) is 17.9 Å². The van der Waals surface area contributed by atoms with Gasteiger partial charge < -0.3 is 15.5 Å². The third kappa shape index (κ3) is 5.75. The largest absolute Gasteiger partial charge is 0.357 e. The first-order valence-electron chi connectivity index (χ1n) is 9.80. The van der Waals surface area contributed by atoms with Crippen LogP contribution in [0.25, 0.3) is 0 Å². The van der Waals surface area contributed by atoms with Gasteiger partial charge in [-0.25, -0.2) is 0 Å². The number of likely N-dealkylation sites (tertiary alicyclic amines) is 1. The van der Waals surface area contributed by atoms with Crippen molar-refractivity contribution in [3.63, 3.8) is 0 Å². The van der Waals surface area contributed by atoms with Crippen LogP contribution in [-0.4, -0.2) is 49.0 Å². The molecule has 0 radical (unpaired) electrons. The van der Waals surface area contributed by atoms with E-state index in [0.717, 1.165) is 45.0 Å². The number of carbonyl (C=O) groups excluding carboxylic acids is 1. The maximum atomic E-state index is 12.1. The fourth-order valence-corrected chi connectivity index (χ4v) is 3.37. The van der Waals surface area contributed by atoms with E-state index in [2.05, 4.69) is 49.6 Å². The van der Waals surface area contributed by atoms with E-state index in [1.165, 1.54) is 16.7 Å².